The first-order valence-electron chi connectivity index (χ1n) is 8.54. The first-order chi connectivity index (χ1) is 12.7. The number of benzene rings is 1. The second-order valence-corrected chi connectivity index (χ2v) is 10.5. The van der Waals surface area contributed by atoms with Crippen molar-refractivity contribution in [2.75, 3.05) is 21.6 Å². The Bertz CT molecular complexity index is 853. The Kier molecular flexibility index (Phi) is 7.63. The van der Waals surface area contributed by atoms with Crippen LogP contribution >= 0.6 is 23.1 Å². The number of sulfonamides is 1. The molecule has 0 bridgehead atoms. The number of para-hydroxylation sites is 1. The van der Waals surface area contributed by atoms with E-state index in [4.69, 9.17) is 0 Å². The van der Waals surface area contributed by atoms with E-state index in [0.717, 1.165) is 20.7 Å². The summed E-state index contributed by atoms with van der Waals surface area (Å²) in [5.41, 5.74) is 0.451. The van der Waals surface area contributed by atoms with E-state index >= 15 is 0 Å². The van der Waals surface area contributed by atoms with Crippen molar-refractivity contribution in [3.8, 4) is 0 Å². The minimum atomic E-state index is -3.64. The molecule has 0 saturated heterocycles. The fourth-order valence-corrected chi connectivity index (χ4v) is 5.32. The van der Waals surface area contributed by atoms with E-state index in [9.17, 15) is 13.2 Å². The molecule has 0 aliphatic rings. The highest BCUT2D eigenvalue weighted by atomic mass is 32.2. The van der Waals surface area contributed by atoms with E-state index in [1.54, 1.807) is 49.0 Å². The fourth-order valence-electron chi connectivity index (χ4n) is 2.38. The van der Waals surface area contributed by atoms with Gasteiger partial charge < -0.3 is 0 Å². The summed E-state index contributed by atoms with van der Waals surface area (Å²) in [5.74, 6) is 1.01. The first-order valence-corrected chi connectivity index (χ1v) is 12.2. The summed E-state index contributed by atoms with van der Waals surface area (Å²) in [6.07, 6.45) is 1.42. The van der Waals surface area contributed by atoms with Crippen LogP contribution in [0.2, 0.25) is 0 Å². The van der Waals surface area contributed by atoms with Gasteiger partial charge in [-0.3, -0.25) is 14.4 Å². The first kappa shape index (κ1) is 21.6. The predicted molar refractivity (Wildman–Crippen MR) is 112 cm³/mol. The second kappa shape index (κ2) is 9.52. The largest absolute Gasteiger partial charge is 0.299 e. The lowest BCUT2D eigenvalue weighted by Crippen LogP contribution is -2.46. The molecule has 10 heteroatoms. The van der Waals surface area contributed by atoms with Gasteiger partial charge in [-0.2, -0.15) is 0 Å². The number of nitrogens with zero attached hydrogens (tertiary/aromatic N) is 3. The number of hydrogen-bond donors (Lipinski definition) is 1. The van der Waals surface area contributed by atoms with Crippen molar-refractivity contribution in [1.82, 2.24) is 10.2 Å². The van der Waals surface area contributed by atoms with Crippen LogP contribution in [0.15, 0.2) is 34.7 Å². The highest BCUT2D eigenvalue weighted by molar-refractivity contribution is 8.01. The maximum absolute atomic E-state index is 12.8. The Labute approximate surface area is 168 Å². The highest BCUT2D eigenvalue weighted by Crippen LogP contribution is 2.28. The van der Waals surface area contributed by atoms with E-state index in [2.05, 4.69) is 29.4 Å². The van der Waals surface area contributed by atoms with Crippen LogP contribution in [0.1, 0.15) is 27.2 Å². The summed E-state index contributed by atoms with van der Waals surface area (Å²) >= 11 is 2.87. The quantitative estimate of drug-likeness (QED) is 0.486. The number of aromatic nitrogens is 2. The second-order valence-electron chi connectivity index (χ2n) is 6.39. The topological polar surface area (TPSA) is 92.3 Å². The smallest absolute Gasteiger partial charge is 0.250 e. The molecule has 0 saturated carbocycles. The molecule has 1 heterocycles. The van der Waals surface area contributed by atoms with E-state index < -0.39 is 22.0 Å². The van der Waals surface area contributed by atoms with Gasteiger partial charge in [-0.05, 0) is 24.5 Å². The maximum atomic E-state index is 12.8. The monoisotopic (exact) mass is 428 g/mol. The van der Waals surface area contributed by atoms with Crippen LogP contribution in [-0.4, -0.2) is 42.6 Å². The molecule has 7 nitrogen and oxygen atoms in total. The predicted octanol–water partition coefficient (Wildman–Crippen LogP) is 3.47. The lowest BCUT2D eigenvalue weighted by Gasteiger charge is -2.29. The van der Waals surface area contributed by atoms with Crippen LogP contribution < -0.4 is 9.62 Å². The lowest BCUT2D eigenvalue weighted by atomic mass is 10.2. The molecule has 2 rings (SSSR count). The molecule has 0 unspecified atom stereocenters. The number of thioether (sulfide) groups is 1. The van der Waals surface area contributed by atoms with Crippen LogP contribution in [0.4, 0.5) is 10.8 Å². The average molecular weight is 429 g/mol. The molecule has 0 fully saturated rings. The summed E-state index contributed by atoms with van der Waals surface area (Å²) in [6.45, 7) is 6.01. The number of hydrogen-bond acceptors (Lipinski definition) is 7. The van der Waals surface area contributed by atoms with Gasteiger partial charge in [0.2, 0.25) is 21.1 Å². The van der Waals surface area contributed by atoms with Crippen LogP contribution in [0.5, 0.6) is 0 Å². The Morgan fingerprint density at radius 2 is 1.93 bits per heavy atom. The summed E-state index contributed by atoms with van der Waals surface area (Å²) < 4.78 is 26.6. The van der Waals surface area contributed by atoms with Crippen molar-refractivity contribution >= 4 is 49.8 Å². The van der Waals surface area contributed by atoms with Gasteiger partial charge in [-0.15, -0.1) is 10.2 Å². The van der Waals surface area contributed by atoms with Crippen molar-refractivity contribution in [3.63, 3.8) is 0 Å². The van der Waals surface area contributed by atoms with E-state index in [1.165, 1.54) is 11.3 Å². The van der Waals surface area contributed by atoms with Crippen LogP contribution in [0.25, 0.3) is 0 Å². The van der Waals surface area contributed by atoms with Gasteiger partial charge in [0, 0.05) is 5.75 Å². The molecule has 1 aromatic carbocycles. The van der Waals surface area contributed by atoms with Crippen LogP contribution in [-0.2, 0) is 14.8 Å². The summed E-state index contributed by atoms with van der Waals surface area (Å²) in [4.78, 5) is 12.8. The van der Waals surface area contributed by atoms with Gasteiger partial charge in [-0.25, -0.2) is 8.42 Å². The highest BCUT2D eigenvalue weighted by Gasteiger charge is 2.31. The number of anilines is 2. The van der Waals surface area contributed by atoms with Gasteiger partial charge in [-0.1, -0.05) is 62.1 Å². The normalized spacial score (nSPS) is 12.8. The molecule has 2 aromatic rings. The molecule has 0 aliphatic carbocycles. The van der Waals surface area contributed by atoms with E-state index in [1.807, 2.05) is 0 Å². The van der Waals surface area contributed by atoms with Crippen molar-refractivity contribution in [2.45, 2.75) is 37.6 Å². The van der Waals surface area contributed by atoms with Crippen LogP contribution in [0.3, 0.4) is 0 Å². The molecular formula is C17H24N4O3S3. The van der Waals surface area contributed by atoms with Gasteiger partial charge in [0.05, 0.1) is 11.9 Å². The lowest BCUT2D eigenvalue weighted by molar-refractivity contribution is -0.117. The summed E-state index contributed by atoms with van der Waals surface area (Å²) in [7, 11) is -3.64. The van der Waals surface area contributed by atoms with Gasteiger partial charge in [0.25, 0.3) is 0 Å². The molecule has 1 amide bonds. The number of amides is 1. The summed E-state index contributed by atoms with van der Waals surface area (Å²) in [5, 5.41) is 11.1. The van der Waals surface area contributed by atoms with Crippen molar-refractivity contribution < 1.29 is 13.2 Å². The third-order valence-corrected chi connectivity index (χ3v) is 7.10. The summed E-state index contributed by atoms with van der Waals surface area (Å²) in [6, 6.07) is 7.73. The Hall–Kier alpha value is -1.65. The molecule has 0 spiro atoms. The van der Waals surface area contributed by atoms with E-state index in [0.29, 0.717) is 23.2 Å². The molecule has 148 valence electrons. The molecular weight excluding hydrogens is 404 g/mol. The fraction of sp³-hybridized carbons (Fsp3) is 0.471. The molecule has 0 aliphatic heterocycles. The minimum Gasteiger partial charge on any atom is -0.299 e. The molecule has 1 aromatic heterocycles. The minimum absolute atomic E-state index is 0.321. The Morgan fingerprint density at radius 1 is 1.26 bits per heavy atom. The van der Waals surface area contributed by atoms with Gasteiger partial charge in [0.1, 0.15) is 6.04 Å². The van der Waals surface area contributed by atoms with Crippen molar-refractivity contribution in [3.05, 3.63) is 30.3 Å². The van der Waals surface area contributed by atoms with E-state index in [-0.39, 0.29) is 0 Å². The maximum Gasteiger partial charge on any atom is 0.250 e. The molecule has 1 atom stereocenters. The van der Waals surface area contributed by atoms with Crippen molar-refractivity contribution in [2.24, 2.45) is 5.92 Å². The number of rotatable bonds is 9. The SMILES string of the molecule is CC[C@H](C(=O)Nc1nnc(SCC(C)C)s1)N(c1ccccc1)S(C)(=O)=O. The number of nitrogens with one attached hydrogen (secondary N) is 1. The van der Waals surface area contributed by atoms with Gasteiger partial charge >= 0.3 is 0 Å². The average Bonchev–Trinajstić information content (AvgIpc) is 3.04. The molecule has 0 radical (unpaired) electrons. The standard InChI is InChI=1S/C17H24N4O3S3/c1-5-14(21(27(4,23)24)13-9-7-6-8-10-13)15(22)18-16-19-20-17(26-16)25-11-12(2)3/h6-10,12,14H,5,11H2,1-4H3,(H,18,19,22)/t14-/m1/s1. The zero-order valence-corrected chi connectivity index (χ0v) is 18.2. The Morgan fingerprint density at radius 3 is 2.48 bits per heavy atom. The number of carbonyl (C=O) groups is 1. The third kappa shape index (κ3) is 6.18. The third-order valence-electron chi connectivity index (χ3n) is 3.52. The van der Waals surface area contributed by atoms with Crippen LogP contribution in [0, 0.1) is 5.92 Å². The van der Waals surface area contributed by atoms with Crippen molar-refractivity contribution in [1.29, 1.82) is 0 Å². The zero-order valence-electron chi connectivity index (χ0n) is 15.7. The molecule has 1 N–H and O–H groups in total. The molecule has 27 heavy (non-hydrogen) atoms. The zero-order chi connectivity index (χ0) is 20.0. The van der Waals surface area contributed by atoms with Gasteiger partial charge in [0.15, 0.2) is 4.34 Å². The Balaban J connectivity index is 2.19. The number of carbonyl (C=O) groups excluding carboxylic acids is 1.